The number of carboxylic acids is 1. The Hall–Kier alpha value is -0.760. The zero-order chi connectivity index (χ0) is 15.8. The second-order valence-electron chi connectivity index (χ2n) is 4.82. The number of nitrogens with zero attached hydrogens (tertiary/aromatic N) is 1. The van der Waals surface area contributed by atoms with Gasteiger partial charge in [0, 0.05) is 5.75 Å². The third-order valence-electron chi connectivity index (χ3n) is 3.31. The Morgan fingerprint density at radius 1 is 1.52 bits per heavy atom. The molecule has 0 saturated carbocycles. The number of hydrogen-bond donors (Lipinski definition) is 1. The van der Waals surface area contributed by atoms with Gasteiger partial charge in [0.2, 0.25) is 10.0 Å². The topological polar surface area (TPSA) is 74.7 Å². The van der Waals surface area contributed by atoms with Crippen LogP contribution in [0.1, 0.15) is 18.9 Å². The molecule has 1 aliphatic rings. The first-order valence-electron chi connectivity index (χ1n) is 6.43. The molecule has 0 aliphatic carbocycles. The summed E-state index contributed by atoms with van der Waals surface area (Å²) in [6.45, 7) is 3.64. The molecule has 8 heteroatoms. The van der Waals surface area contributed by atoms with Crippen LogP contribution in [0.2, 0.25) is 5.02 Å². The highest BCUT2D eigenvalue weighted by Gasteiger charge is 2.46. The van der Waals surface area contributed by atoms with Crippen molar-refractivity contribution < 1.29 is 18.3 Å². The Morgan fingerprint density at radius 3 is 2.71 bits per heavy atom. The first-order chi connectivity index (χ1) is 9.78. The van der Waals surface area contributed by atoms with Crippen LogP contribution >= 0.6 is 23.4 Å². The molecule has 1 heterocycles. The lowest BCUT2D eigenvalue weighted by Crippen LogP contribution is -2.45. The maximum Gasteiger partial charge on any atom is 0.322 e. The number of thioether (sulfide) groups is 1. The molecule has 1 fully saturated rings. The van der Waals surface area contributed by atoms with E-state index in [9.17, 15) is 18.3 Å². The minimum atomic E-state index is -3.94. The summed E-state index contributed by atoms with van der Waals surface area (Å²) in [7, 11) is -3.94. The quantitative estimate of drug-likeness (QED) is 0.904. The van der Waals surface area contributed by atoms with Gasteiger partial charge in [-0.2, -0.15) is 4.31 Å². The second kappa shape index (κ2) is 6.16. The number of aryl methyl sites for hydroxylation is 1. The third kappa shape index (κ3) is 3.06. The molecule has 0 aromatic heterocycles. The van der Waals surface area contributed by atoms with Gasteiger partial charge in [-0.1, -0.05) is 24.6 Å². The molecule has 5 nitrogen and oxygen atoms in total. The predicted molar refractivity (Wildman–Crippen MR) is 83.2 cm³/mol. The molecule has 0 spiro atoms. The Balaban J connectivity index is 2.52. The van der Waals surface area contributed by atoms with E-state index in [-0.39, 0.29) is 21.0 Å². The Bertz CT molecular complexity index is 662. The minimum absolute atomic E-state index is 0.0398. The number of rotatable bonds is 4. The zero-order valence-corrected chi connectivity index (χ0v) is 14.0. The number of hydrogen-bond acceptors (Lipinski definition) is 4. The van der Waals surface area contributed by atoms with Gasteiger partial charge in [0.1, 0.15) is 10.9 Å². The maximum atomic E-state index is 12.8. The highest BCUT2D eigenvalue weighted by molar-refractivity contribution is 8.01. The van der Waals surface area contributed by atoms with Crippen LogP contribution in [0.25, 0.3) is 0 Å². The van der Waals surface area contributed by atoms with Gasteiger partial charge in [0.05, 0.1) is 10.4 Å². The molecule has 1 aliphatic heterocycles. The first kappa shape index (κ1) is 16.6. The van der Waals surface area contributed by atoms with E-state index < -0.39 is 22.0 Å². The first-order valence-corrected chi connectivity index (χ1v) is 9.29. The molecule has 0 amide bonds. The second-order valence-corrected chi connectivity index (χ2v) is 8.25. The largest absolute Gasteiger partial charge is 0.480 e. The summed E-state index contributed by atoms with van der Waals surface area (Å²) < 4.78 is 26.7. The molecular formula is C13H16ClNO4S2. The van der Waals surface area contributed by atoms with Crippen LogP contribution in [0, 0.1) is 6.92 Å². The summed E-state index contributed by atoms with van der Waals surface area (Å²) in [5.74, 6) is -0.887. The number of carbonyl (C=O) groups is 1. The van der Waals surface area contributed by atoms with Gasteiger partial charge in [-0.05, 0) is 31.0 Å². The average Bonchev–Trinajstić information content (AvgIpc) is 2.82. The molecule has 1 N–H and O–H groups in total. The summed E-state index contributed by atoms with van der Waals surface area (Å²) in [6, 6.07) is 3.59. The highest BCUT2D eigenvalue weighted by Crippen LogP contribution is 2.38. The van der Waals surface area contributed by atoms with Crippen molar-refractivity contribution >= 4 is 39.4 Å². The number of aliphatic carboxylic acids is 1. The lowest BCUT2D eigenvalue weighted by atomic mass is 10.2. The zero-order valence-electron chi connectivity index (χ0n) is 11.6. The normalized spacial score (nSPS) is 23.4. The van der Waals surface area contributed by atoms with E-state index >= 15 is 0 Å². The monoisotopic (exact) mass is 349 g/mol. The maximum absolute atomic E-state index is 12.8. The van der Waals surface area contributed by atoms with Crippen LogP contribution in [0.3, 0.4) is 0 Å². The van der Waals surface area contributed by atoms with Crippen molar-refractivity contribution in [2.24, 2.45) is 0 Å². The van der Waals surface area contributed by atoms with Gasteiger partial charge in [-0.15, -0.1) is 11.8 Å². The summed E-state index contributed by atoms with van der Waals surface area (Å²) in [6.07, 6.45) is 0.539. The van der Waals surface area contributed by atoms with Gasteiger partial charge in [0.25, 0.3) is 0 Å². The molecule has 21 heavy (non-hydrogen) atoms. The van der Waals surface area contributed by atoms with Crippen molar-refractivity contribution in [3.8, 4) is 0 Å². The smallest absolute Gasteiger partial charge is 0.322 e. The van der Waals surface area contributed by atoms with E-state index in [0.717, 1.165) is 9.87 Å². The molecule has 116 valence electrons. The van der Waals surface area contributed by atoms with Crippen LogP contribution in [0.4, 0.5) is 0 Å². The molecule has 0 bridgehead atoms. The van der Waals surface area contributed by atoms with Crippen LogP contribution in [-0.4, -0.2) is 41.0 Å². The lowest BCUT2D eigenvalue weighted by Gasteiger charge is -2.26. The number of halogens is 1. The molecule has 2 atom stereocenters. The van der Waals surface area contributed by atoms with Crippen molar-refractivity contribution in [2.75, 3.05) is 5.75 Å². The van der Waals surface area contributed by atoms with Crippen molar-refractivity contribution in [3.05, 3.63) is 28.8 Å². The average molecular weight is 350 g/mol. The molecule has 1 saturated heterocycles. The van der Waals surface area contributed by atoms with Gasteiger partial charge >= 0.3 is 5.97 Å². The van der Waals surface area contributed by atoms with Crippen LogP contribution in [0.15, 0.2) is 23.1 Å². The Kier molecular flexibility index (Phi) is 4.87. The van der Waals surface area contributed by atoms with E-state index in [4.69, 9.17) is 11.6 Å². The fourth-order valence-electron chi connectivity index (χ4n) is 2.28. The van der Waals surface area contributed by atoms with Crippen LogP contribution in [0.5, 0.6) is 0 Å². The van der Waals surface area contributed by atoms with Gasteiger partial charge in [-0.3, -0.25) is 4.79 Å². The van der Waals surface area contributed by atoms with Gasteiger partial charge < -0.3 is 5.11 Å². The fraction of sp³-hybridized carbons (Fsp3) is 0.462. The van der Waals surface area contributed by atoms with Crippen molar-refractivity contribution in [1.29, 1.82) is 0 Å². The highest BCUT2D eigenvalue weighted by atomic mass is 35.5. The minimum Gasteiger partial charge on any atom is -0.480 e. The SMILES string of the molecule is CCC1SCC(C(=O)O)N1S(=O)(=O)c1ccc(C)cc1Cl. The number of carboxylic acid groups (broad SMARTS) is 1. The Morgan fingerprint density at radius 2 is 2.19 bits per heavy atom. The van der Waals surface area contributed by atoms with E-state index in [1.165, 1.54) is 17.8 Å². The van der Waals surface area contributed by atoms with E-state index in [1.54, 1.807) is 12.1 Å². The van der Waals surface area contributed by atoms with Crippen LogP contribution < -0.4 is 0 Å². The van der Waals surface area contributed by atoms with Crippen molar-refractivity contribution in [2.45, 2.75) is 36.6 Å². The number of benzene rings is 1. The van der Waals surface area contributed by atoms with E-state index in [0.29, 0.717) is 6.42 Å². The third-order valence-corrected chi connectivity index (χ3v) is 7.30. The lowest BCUT2D eigenvalue weighted by molar-refractivity contribution is -0.140. The van der Waals surface area contributed by atoms with Gasteiger partial charge in [0.15, 0.2) is 0 Å². The number of sulfonamides is 1. The molecule has 1 aromatic rings. The fourth-order valence-corrected chi connectivity index (χ4v) is 6.39. The van der Waals surface area contributed by atoms with Crippen LogP contribution in [-0.2, 0) is 14.8 Å². The summed E-state index contributed by atoms with van der Waals surface area (Å²) in [4.78, 5) is 11.3. The molecule has 0 radical (unpaired) electrons. The Labute approximate surface area is 133 Å². The molecule has 2 rings (SSSR count). The molecule has 1 aromatic carbocycles. The summed E-state index contributed by atoms with van der Waals surface area (Å²) >= 11 is 7.39. The standard InChI is InChI=1S/C13H16ClNO4S2/c1-3-12-15(10(7-20-12)13(16)17)21(18,19)11-5-4-8(2)6-9(11)14/h4-6,10,12H,3,7H2,1-2H3,(H,16,17). The van der Waals surface area contributed by atoms with E-state index in [1.807, 2.05) is 13.8 Å². The predicted octanol–water partition coefficient (Wildman–Crippen LogP) is 2.58. The van der Waals surface area contributed by atoms with Crippen molar-refractivity contribution in [3.63, 3.8) is 0 Å². The molecule has 2 unspecified atom stereocenters. The molecular weight excluding hydrogens is 334 g/mol. The van der Waals surface area contributed by atoms with E-state index in [2.05, 4.69) is 0 Å². The summed E-state index contributed by atoms with van der Waals surface area (Å²) in [5, 5.41) is 9.00. The van der Waals surface area contributed by atoms with Crippen molar-refractivity contribution in [1.82, 2.24) is 4.31 Å². The van der Waals surface area contributed by atoms with Gasteiger partial charge in [-0.25, -0.2) is 8.42 Å². The summed E-state index contributed by atoms with van der Waals surface area (Å²) in [5.41, 5.74) is 0.844.